The highest BCUT2D eigenvalue weighted by atomic mass is 16.4. The van der Waals surface area contributed by atoms with Gasteiger partial charge in [-0.15, -0.1) is 0 Å². The molecule has 30 heavy (non-hydrogen) atoms. The molecule has 0 bridgehead atoms. The monoisotopic (exact) mass is 427 g/mol. The summed E-state index contributed by atoms with van der Waals surface area (Å²) < 4.78 is 0. The van der Waals surface area contributed by atoms with Gasteiger partial charge in [0.25, 0.3) is 0 Å². The highest BCUT2D eigenvalue weighted by Crippen LogP contribution is 2.14. The smallest absolute Gasteiger partial charge is 0.326 e. The number of carboxylic acid groups (broad SMARTS) is 2. The zero-order chi connectivity index (χ0) is 22.5. The van der Waals surface area contributed by atoms with Gasteiger partial charge in [-0.2, -0.15) is 0 Å². The average molecular weight is 428 g/mol. The molecule has 0 heterocycles. The Morgan fingerprint density at radius 2 is 0.933 bits per heavy atom. The van der Waals surface area contributed by atoms with Crippen LogP contribution in [0.5, 0.6) is 0 Å². The van der Waals surface area contributed by atoms with E-state index in [-0.39, 0.29) is 5.91 Å². The Balaban J connectivity index is 3.24. The van der Waals surface area contributed by atoms with Gasteiger partial charge in [-0.1, -0.05) is 96.8 Å². The number of hydrogen-bond donors (Lipinski definition) is 3. The minimum absolute atomic E-state index is 0.151. The molecule has 0 aliphatic carbocycles. The van der Waals surface area contributed by atoms with Crippen molar-refractivity contribution < 1.29 is 24.6 Å². The number of nitrogens with one attached hydrogen (secondary N) is 1. The van der Waals surface area contributed by atoms with Crippen LogP contribution in [0, 0.1) is 0 Å². The van der Waals surface area contributed by atoms with E-state index in [2.05, 4.69) is 5.32 Å². The second-order valence-corrected chi connectivity index (χ2v) is 8.42. The summed E-state index contributed by atoms with van der Waals surface area (Å²) in [7, 11) is 0. The molecule has 0 saturated carbocycles. The highest BCUT2D eigenvalue weighted by molar-refractivity contribution is 5.83. The van der Waals surface area contributed by atoms with Crippen LogP contribution in [0.15, 0.2) is 0 Å². The first-order valence-corrected chi connectivity index (χ1v) is 12.2. The van der Waals surface area contributed by atoms with Gasteiger partial charge in [0, 0.05) is 12.8 Å². The van der Waals surface area contributed by atoms with Crippen molar-refractivity contribution in [1.29, 1.82) is 0 Å². The number of unbranched alkanes of at least 4 members (excludes halogenated alkanes) is 15. The van der Waals surface area contributed by atoms with Crippen LogP contribution >= 0.6 is 0 Å². The first-order chi connectivity index (χ1) is 14.5. The van der Waals surface area contributed by atoms with Gasteiger partial charge in [0.15, 0.2) is 0 Å². The summed E-state index contributed by atoms with van der Waals surface area (Å²) >= 11 is 0. The van der Waals surface area contributed by atoms with Gasteiger partial charge in [0.2, 0.25) is 5.91 Å². The first-order valence-electron chi connectivity index (χ1n) is 12.2. The van der Waals surface area contributed by atoms with Crippen molar-refractivity contribution in [3.63, 3.8) is 0 Å². The van der Waals surface area contributed by atoms with E-state index >= 15 is 0 Å². The van der Waals surface area contributed by atoms with E-state index in [1.54, 1.807) is 6.92 Å². The van der Waals surface area contributed by atoms with Crippen LogP contribution in [-0.4, -0.2) is 34.1 Å². The molecule has 0 aromatic heterocycles. The Hall–Kier alpha value is -1.59. The predicted octanol–water partition coefficient (Wildman–Crippen LogP) is 6.07. The average Bonchev–Trinajstić information content (AvgIpc) is 2.70. The van der Waals surface area contributed by atoms with Crippen molar-refractivity contribution in [3.05, 3.63) is 0 Å². The van der Waals surface area contributed by atoms with Crippen molar-refractivity contribution in [1.82, 2.24) is 5.32 Å². The first kappa shape index (κ1) is 28.4. The maximum atomic E-state index is 11.7. The van der Waals surface area contributed by atoms with Crippen LogP contribution in [0.1, 0.15) is 129 Å². The second-order valence-electron chi connectivity index (χ2n) is 8.42. The summed E-state index contributed by atoms with van der Waals surface area (Å²) in [5, 5.41) is 20.1. The van der Waals surface area contributed by atoms with Crippen molar-refractivity contribution in [2.45, 2.75) is 135 Å². The van der Waals surface area contributed by atoms with E-state index < -0.39 is 18.0 Å². The molecular formula is C24H45NO5. The molecule has 1 atom stereocenters. The number of hydrogen-bond acceptors (Lipinski definition) is 3. The molecule has 0 aliphatic heterocycles. The zero-order valence-electron chi connectivity index (χ0n) is 19.1. The van der Waals surface area contributed by atoms with Crippen LogP contribution in [0.25, 0.3) is 0 Å². The molecule has 1 amide bonds. The maximum absolute atomic E-state index is 11.7. The zero-order valence-corrected chi connectivity index (χ0v) is 19.1. The minimum atomic E-state index is -0.962. The lowest BCUT2D eigenvalue weighted by molar-refractivity contribution is -0.142. The topological polar surface area (TPSA) is 104 Å². The third-order valence-electron chi connectivity index (χ3n) is 5.59. The molecule has 0 rings (SSSR count). The highest BCUT2D eigenvalue weighted by Gasteiger charge is 2.16. The minimum Gasteiger partial charge on any atom is -0.481 e. The quantitative estimate of drug-likeness (QED) is 0.182. The van der Waals surface area contributed by atoms with Crippen molar-refractivity contribution in [2.75, 3.05) is 0 Å². The van der Waals surface area contributed by atoms with Gasteiger partial charge >= 0.3 is 11.9 Å². The number of carboxylic acids is 2. The Morgan fingerprint density at radius 3 is 1.23 bits per heavy atom. The number of aliphatic carboxylic acids is 2. The van der Waals surface area contributed by atoms with Crippen LogP contribution in [0.4, 0.5) is 0 Å². The SMILES string of the molecule is CC[C@H](NC(=O)CCCCCCCCCCCCCCCCCCC(=O)O)C(=O)O. The molecule has 0 unspecified atom stereocenters. The van der Waals surface area contributed by atoms with Crippen LogP contribution in [-0.2, 0) is 14.4 Å². The molecule has 176 valence electrons. The van der Waals surface area contributed by atoms with E-state index in [0.717, 1.165) is 32.1 Å². The van der Waals surface area contributed by atoms with Gasteiger partial charge in [-0.05, 0) is 19.3 Å². The Labute approximate surface area is 183 Å². The second kappa shape index (κ2) is 20.7. The number of amides is 1. The van der Waals surface area contributed by atoms with Crippen LogP contribution in [0.3, 0.4) is 0 Å². The Morgan fingerprint density at radius 1 is 0.600 bits per heavy atom. The molecule has 0 fully saturated rings. The molecule has 6 nitrogen and oxygen atoms in total. The van der Waals surface area contributed by atoms with E-state index in [0.29, 0.717) is 19.3 Å². The number of carbonyl (C=O) groups is 3. The van der Waals surface area contributed by atoms with Crippen molar-refractivity contribution in [3.8, 4) is 0 Å². The Bertz CT molecular complexity index is 453. The van der Waals surface area contributed by atoms with Crippen molar-refractivity contribution >= 4 is 17.8 Å². The lowest BCUT2D eigenvalue weighted by Gasteiger charge is -2.11. The summed E-state index contributed by atoms with van der Waals surface area (Å²) in [5.74, 6) is -1.79. The molecule has 0 aromatic carbocycles. The van der Waals surface area contributed by atoms with Crippen LogP contribution < -0.4 is 5.32 Å². The molecule has 0 spiro atoms. The third-order valence-corrected chi connectivity index (χ3v) is 5.59. The summed E-state index contributed by atoms with van der Waals surface area (Å²) in [6.07, 6.45) is 20.1. The van der Waals surface area contributed by atoms with E-state index in [4.69, 9.17) is 10.2 Å². The van der Waals surface area contributed by atoms with Gasteiger partial charge in [-0.3, -0.25) is 9.59 Å². The standard InChI is InChI=1S/C24H45NO5/c1-2-21(24(29)30)25-22(26)19-17-15-13-11-9-7-5-3-4-6-8-10-12-14-16-18-20-23(27)28/h21H,2-20H2,1H3,(H,25,26)(H,27,28)(H,29,30)/t21-/m0/s1. The largest absolute Gasteiger partial charge is 0.481 e. The van der Waals surface area contributed by atoms with Gasteiger partial charge in [-0.25, -0.2) is 4.79 Å². The van der Waals surface area contributed by atoms with Gasteiger partial charge in [0.05, 0.1) is 0 Å². The van der Waals surface area contributed by atoms with Crippen LogP contribution in [0.2, 0.25) is 0 Å². The molecule has 3 N–H and O–H groups in total. The fourth-order valence-electron chi connectivity index (χ4n) is 3.64. The van der Waals surface area contributed by atoms with Crippen molar-refractivity contribution in [2.24, 2.45) is 0 Å². The fourth-order valence-corrected chi connectivity index (χ4v) is 3.64. The van der Waals surface area contributed by atoms with E-state index in [1.807, 2.05) is 0 Å². The lowest BCUT2D eigenvalue weighted by atomic mass is 10.0. The molecule has 6 heteroatoms. The van der Waals surface area contributed by atoms with Gasteiger partial charge < -0.3 is 15.5 Å². The van der Waals surface area contributed by atoms with E-state index in [1.165, 1.54) is 70.6 Å². The number of rotatable bonds is 22. The fraction of sp³-hybridized carbons (Fsp3) is 0.875. The molecule has 0 aromatic rings. The molecule has 0 saturated heterocycles. The van der Waals surface area contributed by atoms with E-state index in [9.17, 15) is 14.4 Å². The molecule has 0 radical (unpaired) electrons. The lowest BCUT2D eigenvalue weighted by Crippen LogP contribution is -2.40. The normalized spacial score (nSPS) is 11.9. The predicted molar refractivity (Wildman–Crippen MR) is 121 cm³/mol. The summed E-state index contributed by atoms with van der Waals surface area (Å²) in [6.45, 7) is 1.76. The summed E-state index contributed by atoms with van der Waals surface area (Å²) in [5.41, 5.74) is 0. The maximum Gasteiger partial charge on any atom is 0.326 e. The van der Waals surface area contributed by atoms with Gasteiger partial charge in [0.1, 0.15) is 6.04 Å². The summed E-state index contributed by atoms with van der Waals surface area (Å²) in [4.78, 5) is 33.0. The number of carbonyl (C=O) groups excluding carboxylic acids is 1. The third kappa shape index (κ3) is 19.7. The Kier molecular flexibility index (Phi) is 19.6. The molecule has 0 aliphatic rings. The molecular weight excluding hydrogens is 382 g/mol. The summed E-state index contributed by atoms with van der Waals surface area (Å²) in [6, 6.07) is -0.757.